The number of amides is 1. The van der Waals surface area contributed by atoms with E-state index in [1.807, 2.05) is 71.3 Å². The molecular formula is C27H25BrClN3O2S. The fourth-order valence-electron chi connectivity index (χ4n) is 4.47. The zero-order chi connectivity index (χ0) is 24.4. The third kappa shape index (κ3) is 5.08. The number of ether oxygens (including phenoxy) is 1. The Kier molecular flexibility index (Phi) is 7.37. The Bertz CT molecular complexity index is 1400. The molecule has 1 unspecified atom stereocenters. The number of carbonyl (C=O) groups is 1. The topological polar surface area (TPSA) is 54.5 Å². The number of halogens is 2. The fourth-order valence-corrected chi connectivity index (χ4v) is 6.60. The Hall–Kier alpha value is -2.48. The molecule has 0 spiro atoms. The molecule has 35 heavy (non-hydrogen) atoms. The van der Waals surface area contributed by atoms with E-state index in [1.54, 1.807) is 7.11 Å². The number of hydrogen-bond donors (Lipinski definition) is 1. The number of carbonyl (C=O) groups excluding carboxylic acids is 1. The van der Waals surface area contributed by atoms with Gasteiger partial charge in [0.15, 0.2) is 0 Å². The maximum atomic E-state index is 12.8. The van der Waals surface area contributed by atoms with Gasteiger partial charge in [0, 0.05) is 45.5 Å². The Labute approximate surface area is 222 Å². The molecule has 1 N–H and O–H groups in total. The molecule has 4 aromatic rings. The van der Waals surface area contributed by atoms with E-state index in [0.717, 1.165) is 55.5 Å². The maximum Gasteiger partial charge on any atom is 0.224 e. The van der Waals surface area contributed by atoms with Gasteiger partial charge in [-0.3, -0.25) is 4.79 Å². The standard InChI is InChI=1S/C27H25BrClN3O2S/c1-34-18-8-10-23-21(16-18)26(20-9-7-17(29)15-24(20)31-23)30-12-4-13-32-25(33)11-14-35-27(32)19-5-2-3-6-22(19)28/h2-3,5-10,15-16,27H,4,11-14H2,1H3,(H,30,31). The average Bonchev–Trinajstić information content (AvgIpc) is 2.86. The van der Waals surface area contributed by atoms with E-state index < -0.39 is 0 Å². The van der Waals surface area contributed by atoms with Crippen LogP contribution in [0.4, 0.5) is 5.69 Å². The molecule has 0 bridgehead atoms. The molecule has 1 atom stereocenters. The Morgan fingerprint density at radius 3 is 2.83 bits per heavy atom. The van der Waals surface area contributed by atoms with Crippen molar-refractivity contribution in [1.82, 2.24) is 9.88 Å². The number of benzene rings is 3. The van der Waals surface area contributed by atoms with Crippen molar-refractivity contribution in [1.29, 1.82) is 0 Å². The summed E-state index contributed by atoms with van der Waals surface area (Å²) in [5.74, 6) is 1.84. The van der Waals surface area contributed by atoms with Gasteiger partial charge < -0.3 is 15.0 Å². The van der Waals surface area contributed by atoms with Gasteiger partial charge >= 0.3 is 0 Å². The van der Waals surface area contributed by atoms with E-state index in [1.165, 1.54) is 0 Å². The minimum absolute atomic E-state index is 0.0285. The third-order valence-corrected chi connectivity index (χ3v) is 8.41. The van der Waals surface area contributed by atoms with E-state index in [0.29, 0.717) is 24.5 Å². The summed E-state index contributed by atoms with van der Waals surface area (Å²) in [5, 5.41) is 6.31. The minimum Gasteiger partial charge on any atom is -0.497 e. The van der Waals surface area contributed by atoms with Gasteiger partial charge in [-0.1, -0.05) is 45.7 Å². The Morgan fingerprint density at radius 1 is 1.14 bits per heavy atom. The van der Waals surface area contributed by atoms with Crippen LogP contribution in [0.15, 0.2) is 65.1 Å². The van der Waals surface area contributed by atoms with Gasteiger partial charge in [0.1, 0.15) is 11.1 Å². The molecule has 3 aromatic carbocycles. The molecule has 0 radical (unpaired) electrons. The molecule has 0 aliphatic carbocycles. The molecule has 5 nitrogen and oxygen atoms in total. The first-order chi connectivity index (χ1) is 17.0. The largest absolute Gasteiger partial charge is 0.497 e. The lowest BCUT2D eigenvalue weighted by molar-refractivity contribution is -0.132. The number of methoxy groups -OCH3 is 1. The third-order valence-electron chi connectivity index (χ3n) is 6.19. The summed E-state index contributed by atoms with van der Waals surface area (Å²) >= 11 is 11.7. The first-order valence-electron chi connectivity index (χ1n) is 11.5. The summed E-state index contributed by atoms with van der Waals surface area (Å²) < 4.78 is 6.50. The lowest BCUT2D eigenvalue weighted by atomic mass is 10.1. The zero-order valence-electron chi connectivity index (χ0n) is 19.3. The average molecular weight is 571 g/mol. The number of fused-ring (bicyclic) bond motifs is 2. The van der Waals surface area contributed by atoms with Crippen LogP contribution in [0.25, 0.3) is 21.8 Å². The first-order valence-corrected chi connectivity index (χ1v) is 13.7. The number of anilines is 1. The second kappa shape index (κ2) is 10.6. The number of nitrogens with zero attached hydrogens (tertiary/aromatic N) is 2. The van der Waals surface area contributed by atoms with Crippen LogP contribution in [0.3, 0.4) is 0 Å². The quantitative estimate of drug-likeness (QED) is 0.187. The number of hydrogen-bond acceptors (Lipinski definition) is 5. The van der Waals surface area contributed by atoms with Crippen molar-refractivity contribution in [3.8, 4) is 5.75 Å². The van der Waals surface area contributed by atoms with Gasteiger partial charge in [0.25, 0.3) is 0 Å². The highest BCUT2D eigenvalue weighted by Crippen LogP contribution is 2.40. The lowest BCUT2D eigenvalue weighted by Crippen LogP contribution is -2.38. The molecule has 1 fully saturated rings. The summed E-state index contributed by atoms with van der Waals surface area (Å²) in [6, 6.07) is 19.8. The molecule has 1 amide bonds. The monoisotopic (exact) mass is 569 g/mol. The van der Waals surface area contributed by atoms with Crippen molar-refractivity contribution in [2.24, 2.45) is 0 Å². The van der Waals surface area contributed by atoms with Crippen LogP contribution in [0.2, 0.25) is 5.02 Å². The van der Waals surface area contributed by atoms with Gasteiger partial charge in [-0.2, -0.15) is 0 Å². The van der Waals surface area contributed by atoms with Gasteiger partial charge in [0.2, 0.25) is 5.91 Å². The summed E-state index contributed by atoms with van der Waals surface area (Å²) in [7, 11) is 1.66. The predicted molar refractivity (Wildman–Crippen MR) is 150 cm³/mol. The van der Waals surface area contributed by atoms with Crippen molar-refractivity contribution in [2.75, 3.05) is 31.3 Å². The van der Waals surface area contributed by atoms with Crippen LogP contribution in [-0.4, -0.2) is 41.7 Å². The van der Waals surface area contributed by atoms with Crippen LogP contribution in [0.1, 0.15) is 23.8 Å². The van der Waals surface area contributed by atoms with E-state index in [4.69, 9.17) is 21.3 Å². The van der Waals surface area contributed by atoms with Crippen molar-refractivity contribution in [3.05, 3.63) is 75.7 Å². The summed E-state index contributed by atoms with van der Waals surface area (Å²) in [6.07, 6.45) is 1.40. The SMILES string of the molecule is COc1ccc2nc3cc(Cl)ccc3c(NCCCN3C(=O)CCSC3c3ccccc3Br)c2c1. The number of aromatic nitrogens is 1. The van der Waals surface area contributed by atoms with Crippen LogP contribution >= 0.6 is 39.3 Å². The van der Waals surface area contributed by atoms with Gasteiger partial charge in [-0.05, 0) is 54.4 Å². The molecule has 1 saturated heterocycles. The predicted octanol–water partition coefficient (Wildman–Crippen LogP) is 7.28. The van der Waals surface area contributed by atoms with E-state index in [2.05, 4.69) is 27.3 Å². The minimum atomic E-state index is 0.0285. The summed E-state index contributed by atoms with van der Waals surface area (Å²) in [5.41, 5.74) is 3.87. The van der Waals surface area contributed by atoms with Gasteiger partial charge in [-0.25, -0.2) is 4.98 Å². The molecule has 1 aliphatic rings. The van der Waals surface area contributed by atoms with E-state index in [9.17, 15) is 4.79 Å². The molecular weight excluding hydrogens is 546 g/mol. The molecule has 1 aliphatic heterocycles. The molecule has 0 saturated carbocycles. The highest BCUT2D eigenvalue weighted by molar-refractivity contribution is 9.10. The van der Waals surface area contributed by atoms with Crippen LogP contribution in [0.5, 0.6) is 5.75 Å². The van der Waals surface area contributed by atoms with Gasteiger partial charge in [-0.15, -0.1) is 11.8 Å². The van der Waals surface area contributed by atoms with E-state index in [-0.39, 0.29) is 11.3 Å². The zero-order valence-corrected chi connectivity index (χ0v) is 22.4. The van der Waals surface area contributed by atoms with E-state index >= 15 is 0 Å². The Balaban J connectivity index is 1.38. The number of pyridine rings is 1. The highest BCUT2D eigenvalue weighted by Gasteiger charge is 2.30. The molecule has 180 valence electrons. The molecule has 1 aromatic heterocycles. The summed E-state index contributed by atoms with van der Waals surface area (Å²) in [4.78, 5) is 19.7. The van der Waals surface area contributed by atoms with Gasteiger partial charge in [0.05, 0.1) is 23.8 Å². The normalized spacial score (nSPS) is 16.1. The van der Waals surface area contributed by atoms with Crippen LogP contribution in [0, 0.1) is 0 Å². The number of rotatable bonds is 7. The summed E-state index contributed by atoms with van der Waals surface area (Å²) in [6.45, 7) is 1.39. The number of thioether (sulfide) groups is 1. The second-order valence-corrected chi connectivity index (χ2v) is 10.9. The lowest BCUT2D eigenvalue weighted by Gasteiger charge is -2.36. The fraction of sp³-hybridized carbons (Fsp3) is 0.259. The molecule has 8 heteroatoms. The van der Waals surface area contributed by atoms with Crippen LogP contribution in [-0.2, 0) is 4.79 Å². The smallest absolute Gasteiger partial charge is 0.224 e. The van der Waals surface area contributed by atoms with Crippen LogP contribution < -0.4 is 10.1 Å². The highest BCUT2D eigenvalue weighted by atomic mass is 79.9. The van der Waals surface area contributed by atoms with Crippen molar-refractivity contribution < 1.29 is 9.53 Å². The molecule has 5 rings (SSSR count). The van der Waals surface area contributed by atoms with Crippen molar-refractivity contribution in [2.45, 2.75) is 18.2 Å². The first kappa shape index (κ1) is 24.2. The Morgan fingerprint density at radius 2 is 2.00 bits per heavy atom. The van der Waals surface area contributed by atoms with Crippen molar-refractivity contribution >= 4 is 72.7 Å². The molecule has 2 heterocycles. The second-order valence-electron chi connectivity index (χ2n) is 8.39. The number of nitrogens with one attached hydrogen (secondary N) is 1. The van der Waals surface area contributed by atoms with Crippen molar-refractivity contribution in [3.63, 3.8) is 0 Å². The maximum absolute atomic E-state index is 12.8.